The Bertz CT molecular complexity index is 1000. The molecule has 130 valence electrons. The Kier molecular flexibility index (Phi) is 4.15. The van der Waals surface area contributed by atoms with Gasteiger partial charge in [0.05, 0.1) is 22.5 Å². The van der Waals surface area contributed by atoms with Crippen LogP contribution >= 0.6 is 23.1 Å². The first-order chi connectivity index (χ1) is 12.9. The van der Waals surface area contributed by atoms with Crippen LogP contribution in [0, 0.1) is 0 Å². The van der Waals surface area contributed by atoms with Gasteiger partial charge in [-0.3, -0.25) is 0 Å². The van der Waals surface area contributed by atoms with E-state index in [2.05, 4.69) is 34.0 Å². The molecular weight excluding hydrogens is 362 g/mol. The number of thioether (sulfide) groups is 1. The highest BCUT2D eigenvalue weighted by atomic mass is 32.2. The van der Waals surface area contributed by atoms with Crippen LogP contribution in [0.5, 0.6) is 0 Å². The molecule has 5 rings (SSSR count). The molecule has 0 saturated heterocycles. The Hall–Kier alpha value is -2.31. The lowest BCUT2D eigenvalue weighted by atomic mass is 10.2. The Labute approximate surface area is 159 Å². The predicted molar refractivity (Wildman–Crippen MR) is 105 cm³/mol. The third-order valence-corrected chi connectivity index (χ3v) is 6.30. The van der Waals surface area contributed by atoms with Gasteiger partial charge in [0, 0.05) is 17.9 Å². The van der Waals surface area contributed by atoms with Crippen LogP contribution in [0.4, 0.5) is 0 Å². The smallest absolute Gasteiger partial charge is 0.177 e. The monoisotopic (exact) mass is 379 g/mol. The van der Waals surface area contributed by atoms with Crippen molar-refractivity contribution in [2.75, 3.05) is 0 Å². The highest BCUT2D eigenvalue weighted by Gasteiger charge is 2.29. The fourth-order valence-corrected chi connectivity index (χ4v) is 4.61. The number of thiophene rings is 1. The molecule has 3 aromatic heterocycles. The SMILES string of the molecule is c1ccc(-c2cnc(SCc3cc(-c4cccs4)on3)n2C2CC2)cc1. The average molecular weight is 380 g/mol. The first-order valence-corrected chi connectivity index (χ1v) is 10.5. The van der Waals surface area contributed by atoms with Gasteiger partial charge in [-0.15, -0.1) is 11.3 Å². The van der Waals surface area contributed by atoms with Gasteiger partial charge in [-0.05, 0) is 29.9 Å². The Morgan fingerprint density at radius 3 is 2.81 bits per heavy atom. The van der Waals surface area contributed by atoms with E-state index in [1.807, 2.05) is 35.8 Å². The van der Waals surface area contributed by atoms with E-state index in [-0.39, 0.29) is 0 Å². The first kappa shape index (κ1) is 15.9. The molecule has 0 bridgehead atoms. The number of hydrogen-bond donors (Lipinski definition) is 0. The largest absolute Gasteiger partial charge is 0.355 e. The van der Waals surface area contributed by atoms with Crippen LogP contribution in [0.25, 0.3) is 21.9 Å². The molecule has 0 spiro atoms. The Morgan fingerprint density at radius 1 is 1.15 bits per heavy atom. The molecule has 26 heavy (non-hydrogen) atoms. The lowest BCUT2D eigenvalue weighted by molar-refractivity contribution is 0.427. The molecule has 0 atom stereocenters. The van der Waals surface area contributed by atoms with Crippen molar-refractivity contribution in [1.82, 2.24) is 14.7 Å². The van der Waals surface area contributed by atoms with Crippen molar-refractivity contribution in [3.05, 3.63) is 65.8 Å². The van der Waals surface area contributed by atoms with E-state index in [1.54, 1.807) is 23.1 Å². The molecule has 0 aliphatic heterocycles. The summed E-state index contributed by atoms with van der Waals surface area (Å²) in [5.74, 6) is 1.60. The number of benzene rings is 1. The van der Waals surface area contributed by atoms with E-state index in [1.165, 1.54) is 24.1 Å². The molecule has 1 fully saturated rings. The third-order valence-electron chi connectivity index (χ3n) is 4.42. The fourth-order valence-electron chi connectivity index (χ4n) is 3.01. The number of imidazole rings is 1. The third kappa shape index (κ3) is 3.10. The van der Waals surface area contributed by atoms with Crippen molar-refractivity contribution in [2.45, 2.75) is 29.8 Å². The second kappa shape index (κ2) is 6.78. The van der Waals surface area contributed by atoms with Crippen molar-refractivity contribution in [3.63, 3.8) is 0 Å². The molecule has 0 amide bonds. The van der Waals surface area contributed by atoms with E-state index in [0.29, 0.717) is 6.04 Å². The van der Waals surface area contributed by atoms with Crippen molar-refractivity contribution in [1.29, 1.82) is 0 Å². The van der Waals surface area contributed by atoms with Crippen molar-refractivity contribution < 1.29 is 4.52 Å². The summed E-state index contributed by atoms with van der Waals surface area (Å²) in [7, 11) is 0. The zero-order valence-electron chi connectivity index (χ0n) is 14.0. The van der Waals surface area contributed by atoms with Crippen LogP contribution in [0.1, 0.15) is 24.6 Å². The van der Waals surface area contributed by atoms with Crippen LogP contribution in [-0.4, -0.2) is 14.7 Å². The van der Waals surface area contributed by atoms with E-state index in [0.717, 1.165) is 27.2 Å². The number of hydrogen-bond acceptors (Lipinski definition) is 5. The first-order valence-electron chi connectivity index (χ1n) is 8.63. The lowest BCUT2D eigenvalue weighted by Crippen LogP contribution is -1.99. The highest BCUT2D eigenvalue weighted by Crippen LogP contribution is 2.42. The number of rotatable bonds is 6. The maximum Gasteiger partial charge on any atom is 0.177 e. The summed E-state index contributed by atoms with van der Waals surface area (Å²) in [5.41, 5.74) is 3.38. The van der Waals surface area contributed by atoms with Gasteiger partial charge in [0.2, 0.25) is 0 Å². The molecule has 1 saturated carbocycles. The van der Waals surface area contributed by atoms with Gasteiger partial charge in [0.25, 0.3) is 0 Å². The van der Waals surface area contributed by atoms with E-state index < -0.39 is 0 Å². The molecule has 4 aromatic rings. The van der Waals surface area contributed by atoms with Crippen LogP contribution in [0.2, 0.25) is 0 Å². The van der Waals surface area contributed by atoms with Gasteiger partial charge in [-0.2, -0.15) is 0 Å². The molecule has 0 unspecified atom stereocenters. The highest BCUT2D eigenvalue weighted by molar-refractivity contribution is 7.98. The summed E-state index contributed by atoms with van der Waals surface area (Å²) in [6.07, 6.45) is 4.46. The summed E-state index contributed by atoms with van der Waals surface area (Å²) < 4.78 is 7.87. The summed E-state index contributed by atoms with van der Waals surface area (Å²) >= 11 is 3.39. The fraction of sp³-hybridized carbons (Fsp3) is 0.200. The average Bonchev–Trinajstić information content (AvgIpc) is 3.10. The number of aromatic nitrogens is 3. The van der Waals surface area contributed by atoms with E-state index in [9.17, 15) is 0 Å². The molecule has 6 heteroatoms. The van der Waals surface area contributed by atoms with E-state index >= 15 is 0 Å². The molecule has 1 aliphatic carbocycles. The van der Waals surface area contributed by atoms with Gasteiger partial charge in [-0.25, -0.2) is 4.98 Å². The molecule has 0 radical (unpaired) electrons. The lowest BCUT2D eigenvalue weighted by Gasteiger charge is -2.10. The zero-order valence-corrected chi connectivity index (χ0v) is 15.7. The van der Waals surface area contributed by atoms with Crippen LogP contribution in [0.3, 0.4) is 0 Å². The zero-order chi connectivity index (χ0) is 17.3. The summed E-state index contributed by atoms with van der Waals surface area (Å²) in [4.78, 5) is 5.81. The van der Waals surface area contributed by atoms with Gasteiger partial charge < -0.3 is 9.09 Å². The number of nitrogens with zero attached hydrogens (tertiary/aromatic N) is 3. The molecule has 3 heterocycles. The molecule has 0 N–H and O–H groups in total. The summed E-state index contributed by atoms with van der Waals surface area (Å²) in [5, 5.41) is 7.32. The van der Waals surface area contributed by atoms with Crippen LogP contribution in [0.15, 0.2) is 69.8 Å². The minimum atomic E-state index is 0.578. The van der Waals surface area contributed by atoms with Crippen molar-refractivity contribution >= 4 is 23.1 Å². The van der Waals surface area contributed by atoms with Gasteiger partial charge in [0.15, 0.2) is 10.9 Å². The molecular formula is C20H17N3OS2. The summed E-state index contributed by atoms with van der Waals surface area (Å²) in [6.45, 7) is 0. The molecule has 4 nitrogen and oxygen atoms in total. The normalized spacial score (nSPS) is 14.0. The standard InChI is InChI=1S/C20H17N3OS2/c1-2-5-14(6-3-1)17-12-21-20(23(17)16-8-9-16)26-13-15-11-18(24-22-15)19-7-4-10-25-19/h1-7,10-12,16H,8-9,13H2. The molecule has 1 aromatic carbocycles. The Morgan fingerprint density at radius 2 is 2.04 bits per heavy atom. The topological polar surface area (TPSA) is 43.9 Å². The minimum absolute atomic E-state index is 0.578. The van der Waals surface area contributed by atoms with Crippen LogP contribution < -0.4 is 0 Å². The van der Waals surface area contributed by atoms with Crippen molar-refractivity contribution in [2.24, 2.45) is 0 Å². The second-order valence-electron chi connectivity index (χ2n) is 6.34. The molecule has 1 aliphatic rings. The Balaban J connectivity index is 1.37. The van der Waals surface area contributed by atoms with E-state index in [4.69, 9.17) is 9.51 Å². The summed E-state index contributed by atoms with van der Waals surface area (Å²) in [6, 6.07) is 17.2. The maximum atomic E-state index is 5.48. The van der Waals surface area contributed by atoms with Gasteiger partial charge in [0.1, 0.15) is 0 Å². The maximum absolute atomic E-state index is 5.48. The second-order valence-corrected chi connectivity index (χ2v) is 8.23. The quantitative estimate of drug-likeness (QED) is 0.392. The van der Waals surface area contributed by atoms with Gasteiger partial charge in [-0.1, -0.05) is 53.3 Å². The van der Waals surface area contributed by atoms with Gasteiger partial charge >= 0.3 is 0 Å². The minimum Gasteiger partial charge on any atom is -0.355 e. The predicted octanol–water partition coefficient (Wildman–Crippen LogP) is 5.89. The van der Waals surface area contributed by atoms with Crippen molar-refractivity contribution in [3.8, 4) is 21.9 Å². The van der Waals surface area contributed by atoms with Crippen LogP contribution in [-0.2, 0) is 5.75 Å².